The first-order chi connectivity index (χ1) is 12.6. The molecule has 0 radical (unpaired) electrons. The number of aromatic nitrogens is 3. The van der Waals surface area contributed by atoms with Gasteiger partial charge in [-0.15, -0.1) is 16.4 Å². The molecule has 2 aliphatic heterocycles. The van der Waals surface area contributed by atoms with Gasteiger partial charge in [0.25, 0.3) is 5.91 Å². The zero-order valence-corrected chi connectivity index (χ0v) is 16.6. The second-order valence-corrected chi connectivity index (χ2v) is 9.94. The molecule has 2 aromatic rings. The molecule has 4 heterocycles. The molecule has 1 amide bonds. The summed E-state index contributed by atoms with van der Waals surface area (Å²) >= 11 is 3.19. The molecule has 1 atom stereocenters. The van der Waals surface area contributed by atoms with Crippen LogP contribution in [0, 0.1) is 6.92 Å². The highest BCUT2D eigenvalue weighted by Crippen LogP contribution is 2.44. The van der Waals surface area contributed by atoms with Crippen molar-refractivity contribution in [3.63, 3.8) is 0 Å². The van der Waals surface area contributed by atoms with Gasteiger partial charge in [0.05, 0.1) is 9.88 Å². The number of piperidine rings is 1. The molecule has 0 bridgehead atoms. The standard InChI is InChI=1S/C18H23N5OS2/c1-12-19-9-14(25-12)10-23-8-6-18(23)5-2-7-22(11-18)17(24)15-16(13-3-4-13)26-21-20-15/h9,13H,2-8,10-11H2,1H3/t18-/m1/s1. The Hall–Kier alpha value is -1.38. The van der Waals surface area contributed by atoms with E-state index in [2.05, 4.69) is 26.4 Å². The number of nitrogens with zero attached hydrogens (tertiary/aromatic N) is 5. The lowest BCUT2D eigenvalue weighted by molar-refractivity contribution is -0.0644. The molecular formula is C18H23N5OS2. The molecule has 138 valence electrons. The van der Waals surface area contributed by atoms with Gasteiger partial charge in [-0.3, -0.25) is 9.69 Å². The maximum Gasteiger partial charge on any atom is 0.275 e. The summed E-state index contributed by atoms with van der Waals surface area (Å²) in [5, 5.41) is 5.31. The van der Waals surface area contributed by atoms with Gasteiger partial charge < -0.3 is 4.90 Å². The van der Waals surface area contributed by atoms with E-state index in [1.54, 1.807) is 11.3 Å². The maximum absolute atomic E-state index is 13.1. The summed E-state index contributed by atoms with van der Waals surface area (Å²) in [5.74, 6) is 0.627. The van der Waals surface area contributed by atoms with Gasteiger partial charge in [0.15, 0.2) is 5.69 Å². The molecule has 6 nitrogen and oxygen atoms in total. The van der Waals surface area contributed by atoms with Crippen LogP contribution < -0.4 is 0 Å². The molecule has 1 saturated carbocycles. The fourth-order valence-corrected chi connectivity index (χ4v) is 5.98. The van der Waals surface area contributed by atoms with Crippen molar-refractivity contribution in [3.8, 4) is 0 Å². The molecular weight excluding hydrogens is 366 g/mol. The molecule has 26 heavy (non-hydrogen) atoms. The van der Waals surface area contributed by atoms with E-state index in [4.69, 9.17) is 0 Å². The fourth-order valence-electron chi connectivity index (χ4n) is 4.36. The van der Waals surface area contributed by atoms with E-state index in [1.165, 1.54) is 42.1 Å². The normalized spacial score (nSPS) is 26.3. The molecule has 3 fully saturated rings. The summed E-state index contributed by atoms with van der Waals surface area (Å²) in [7, 11) is 0. The molecule has 0 aromatic carbocycles. The topological polar surface area (TPSA) is 62.2 Å². The Bertz CT molecular complexity index is 829. The first-order valence-corrected chi connectivity index (χ1v) is 11.0. The fraction of sp³-hybridized carbons (Fsp3) is 0.667. The van der Waals surface area contributed by atoms with Crippen LogP contribution in [0.4, 0.5) is 0 Å². The maximum atomic E-state index is 13.1. The Morgan fingerprint density at radius 3 is 2.92 bits per heavy atom. The van der Waals surface area contributed by atoms with E-state index in [0.717, 1.165) is 42.5 Å². The molecule has 8 heteroatoms. The quantitative estimate of drug-likeness (QED) is 0.804. The zero-order chi connectivity index (χ0) is 17.7. The molecule has 2 aromatic heterocycles. The summed E-state index contributed by atoms with van der Waals surface area (Å²) in [6.45, 7) is 5.80. The number of likely N-dealkylation sites (tertiary alicyclic amines) is 2. The van der Waals surface area contributed by atoms with Gasteiger partial charge in [0, 0.05) is 42.8 Å². The lowest BCUT2D eigenvalue weighted by Crippen LogP contribution is -2.66. The van der Waals surface area contributed by atoms with Gasteiger partial charge in [-0.1, -0.05) is 4.49 Å². The van der Waals surface area contributed by atoms with Gasteiger partial charge >= 0.3 is 0 Å². The zero-order valence-electron chi connectivity index (χ0n) is 15.0. The third-order valence-electron chi connectivity index (χ3n) is 6.04. The number of carbonyl (C=O) groups is 1. The second-order valence-electron chi connectivity index (χ2n) is 7.83. The average molecular weight is 390 g/mol. The Labute approximate surface area is 161 Å². The third-order valence-corrected chi connectivity index (χ3v) is 7.82. The van der Waals surface area contributed by atoms with Crippen molar-refractivity contribution < 1.29 is 4.79 Å². The molecule has 5 rings (SSSR count). The number of aryl methyl sites for hydroxylation is 1. The molecule has 2 saturated heterocycles. The van der Waals surface area contributed by atoms with Crippen LogP contribution >= 0.6 is 22.9 Å². The minimum absolute atomic E-state index is 0.0974. The van der Waals surface area contributed by atoms with Gasteiger partial charge in [-0.2, -0.15) is 0 Å². The first-order valence-electron chi connectivity index (χ1n) is 9.42. The van der Waals surface area contributed by atoms with Crippen LogP contribution in [0.2, 0.25) is 0 Å². The van der Waals surface area contributed by atoms with Gasteiger partial charge in [0.2, 0.25) is 0 Å². The Morgan fingerprint density at radius 1 is 1.35 bits per heavy atom. The highest BCUT2D eigenvalue weighted by Gasteiger charge is 2.48. The molecule has 1 spiro atoms. The van der Waals surface area contributed by atoms with Gasteiger partial charge in [-0.25, -0.2) is 4.98 Å². The van der Waals surface area contributed by atoms with Crippen molar-refractivity contribution in [1.82, 2.24) is 24.4 Å². The predicted molar refractivity (Wildman–Crippen MR) is 102 cm³/mol. The van der Waals surface area contributed by atoms with Crippen LogP contribution in [0.1, 0.15) is 63.3 Å². The lowest BCUT2D eigenvalue weighted by Gasteiger charge is -2.57. The summed E-state index contributed by atoms with van der Waals surface area (Å²) in [6, 6.07) is 0. The van der Waals surface area contributed by atoms with E-state index in [-0.39, 0.29) is 11.4 Å². The van der Waals surface area contributed by atoms with E-state index in [1.807, 2.05) is 11.1 Å². The minimum atomic E-state index is 0.0974. The van der Waals surface area contributed by atoms with Crippen LogP contribution in [0.15, 0.2) is 6.20 Å². The second kappa shape index (κ2) is 6.35. The molecule has 0 N–H and O–H groups in total. The number of rotatable bonds is 4. The number of amides is 1. The number of hydrogen-bond donors (Lipinski definition) is 0. The van der Waals surface area contributed by atoms with Crippen molar-refractivity contribution in [2.24, 2.45) is 0 Å². The first kappa shape index (κ1) is 16.8. The summed E-state index contributed by atoms with van der Waals surface area (Å²) in [6.07, 6.45) is 7.78. The van der Waals surface area contributed by atoms with Gasteiger partial charge in [0.1, 0.15) is 0 Å². The monoisotopic (exact) mass is 389 g/mol. The SMILES string of the molecule is Cc1ncc(CN2CC[C@@]23CCCN(C(=O)c2nnsc2C2CC2)C3)s1. The van der Waals surface area contributed by atoms with Crippen LogP contribution in [0.25, 0.3) is 0 Å². The largest absolute Gasteiger partial charge is 0.335 e. The van der Waals surface area contributed by atoms with Crippen molar-refractivity contribution in [3.05, 3.63) is 26.7 Å². The third kappa shape index (κ3) is 2.88. The average Bonchev–Trinajstić information content (AvgIpc) is 3.23. The Kier molecular flexibility index (Phi) is 4.10. The van der Waals surface area contributed by atoms with Crippen LogP contribution in [0.5, 0.6) is 0 Å². The van der Waals surface area contributed by atoms with E-state index in [9.17, 15) is 4.79 Å². The Morgan fingerprint density at radius 2 is 2.23 bits per heavy atom. The van der Waals surface area contributed by atoms with E-state index in [0.29, 0.717) is 11.6 Å². The van der Waals surface area contributed by atoms with Crippen molar-refractivity contribution >= 4 is 28.8 Å². The molecule has 1 aliphatic carbocycles. The van der Waals surface area contributed by atoms with Crippen LogP contribution in [-0.2, 0) is 6.54 Å². The highest BCUT2D eigenvalue weighted by atomic mass is 32.1. The van der Waals surface area contributed by atoms with Crippen molar-refractivity contribution in [1.29, 1.82) is 0 Å². The van der Waals surface area contributed by atoms with E-state index < -0.39 is 0 Å². The van der Waals surface area contributed by atoms with Gasteiger partial charge in [-0.05, 0) is 56.5 Å². The van der Waals surface area contributed by atoms with E-state index >= 15 is 0 Å². The number of carbonyl (C=O) groups excluding carboxylic acids is 1. The lowest BCUT2D eigenvalue weighted by atomic mass is 9.77. The van der Waals surface area contributed by atoms with Crippen LogP contribution in [-0.4, -0.2) is 55.5 Å². The van der Waals surface area contributed by atoms with Crippen molar-refractivity contribution in [2.75, 3.05) is 19.6 Å². The smallest absolute Gasteiger partial charge is 0.275 e. The van der Waals surface area contributed by atoms with Crippen LogP contribution in [0.3, 0.4) is 0 Å². The summed E-state index contributed by atoms with van der Waals surface area (Å²) in [4.78, 5) is 24.5. The summed E-state index contributed by atoms with van der Waals surface area (Å²) in [5.41, 5.74) is 0.771. The Balaban J connectivity index is 1.31. The molecule has 0 unspecified atom stereocenters. The van der Waals surface area contributed by atoms with Crippen molar-refractivity contribution in [2.45, 2.75) is 57.0 Å². The number of hydrogen-bond acceptors (Lipinski definition) is 7. The number of thiazole rings is 1. The predicted octanol–water partition coefficient (Wildman–Crippen LogP) is 3.06. The molecule has 3 aliphatic rings. The minimum Gasteiger partial charge on any atom is -0.335 e. The summed E-state index contributed by atoms with van der Waals surface area (Å²) < 4.78 is 4.07. The highest BCUT2D eigenvalue weighted by molar-refractivity contribution is 7.11.